The third kappa shape index (κ3) is 6.31. The van der Waals surface area contributed by atoms with Gasteiger partial charge in [0, 0.05) is 10.6 Å². The van der Waals surface area contributed by atoms with E-state index in [0.29, 0.717) is 39.1 Å². The fourth-order valence-corrected chi connectivity index (χ4v) is 6.28. The summed E-state index contributed by atoms with van der Waals surface area (Å²) >= 11 is 4.89. The molecule has 0 amide bonds. The van der Waals surface area contributed by atoms with E-state index in [1.165, 1.54) is 11.8 Å². The average molecular weight is 636 g/mol. The summed E-state index contributed by atoms with van der Waals surface area (Å²) in [5.41, 5.74) is 2.55. The molecule has 1 atom stereocenters. The van der Waals surface area contributed by atoms with Crippen molar-refractivity contribution in [3.63, 3.8) is 0 Å². The van der Waals surface area contributed by atoms with Crippen LogP contribution in [0.2, 0.25) is 0 Å². The molecule has 0 saturated heterocycles. The van der Waals surface area contributed by atoms with Crippen LogP contribution >= 0.6 is 27.7 Å². The highest BCUT2D eigenvalue weighted by Gasteiger charge is 2.26. The number of rotatable bonds is 11. The Balaban J connectivity index is 1.44. The molecule has 1 aromatic heterocycles. The summed E-state index contributed by atoms with van der Waals surface area (Å²) in [4.78, 5) is 11.4. The maximum Gasteiger partial charge on any atom is 0.220 e. The summed E-state index contributed by atoms with van der Waals surface area (Å²) in [5, 5.41) is 22.5. The van der Waals surface area contributed by atoms with Gasteiger partial charge < -0.3 is 14.2 Å². The van der Waals surface area contributed by atoms with Crippen LogP contribution in [0.4, 0.5) is 0 Å². The zero-order valence-electron chi connectivity index (χ0n) is 22.6. The molecule has 5 aromatic rings. The van der Waals surface area contributed by atoms with Gasteiger partial charge in [0.15, 0.2) is 16.7 Å². The summed E-state index contributed by atoms with van der Waals surface area (Å²) in [6.07, 6.45) is 0. The van der Waals surface area contributed by atoms with Crippen molar-refractivity contribution in [3.05, 3.63) is 110 Å². The molecule has 0 unspecified atom stereocenters. The Bertz CT molecular complexity index is 1690. The van der Waals surface area contributed by atoms with Crippen LogP contribution in [0.1, 0.15) is 22.2 Å². The van der Waals surface area contributed by atoms with E-state index in [2.05, 4.69) is 44.3 Å². The van der Waals surface area contributed by atoms with Crippen molar-refractivity contribution in [1.29, 1.82) is 0 Å². The summed E-state index contributed by atoms with van der Waals surface area (Å²) in [6, 6.07) is 25.3. The molecule has 0 aliphatic heterocycles. The van der Waals surface area contributed by atoms with Gasteiger partial charge in [0.2, 0.25) is 6.54 Å². The third-order valence-electron chi connectivity index (χ3n) is 6.56. The topological polar surface area (TPSA) is 102 Å². The van der Waals surface area contributed by atoms with E-state index in [1.807, 2.05) is 66.1 Å². The molecule has 11 heteroatoms. The fraction of sp³-hybridized carbons (Fsp3) is 0.200. The van der Waals surface area contributed by atoms with Gasteiger partial charge in [-0.15, -0.1) is 10.2 Å². The predicted octanol–water partition coefficient (Wildman–Crippen LogP) is 7.20. The number of methoxy groups -OCH3 is 2. The largest absolute Gasteiger partial charge is 0.497 e. The number of fused-ring (bicyclic) bond motifs is 1. The van der Waals surface area contributed by atoms with E-state index in [4.69, 9.17) is 14.2 Å². The van der Waals surface area contributed by atoms with Gasteiger partial charge in [-0.3, -0.25) is 14.7 Å². The molecule has 0 aliphatic rings. The second-order valence-corrected chi connectivity index (χ2v) is 11.2. The van der Waals surface area contributed by atoms with Gasteiger partial charge in [-0.05, 0) is 81.2 Å². The molecule has 0 radical (unpaired) electrons. The highest BCUT2D eigenvalue weighted by molar-refractivity contribution is 9.10. The first-order valence-electron chi connectivity index (χ1n) is 12.7. The van der Waals surface area contributed by atoms with Crippen molar-refractivity contribution in [2.75, 3.05) is 20.8 Å². The number of halogens is 1. The number of ether oxygens (including phenoxy) is 3. The van der Waals surface area contributed by atoms with Crippen LogP contribution in [0, 0.1) is 17.0 Å². The van der Waals surface area contributed by atoms with Gasteiger partial charge in [-0.1, -0.05) is 54.2 Å². The summed E-state index contributed by atoms with van der Waals surface area (Å²) in [7, 11) is 3.16. The molecule has 0 aliphatic carbocycles. The quantitative estimate of drug-likeness (QED) is 0.0854. The van der Waals surface area contributed by atoms with Crippen molar-refractivity contribution >= 4 is 38.5 Å². The van der Waals surface area contributed by atoms with E-state index in [1.54, 1.807) is 20.3 Å². The number of aryl methyl sites for hydroxylation is 1. The molecule has 4 aromatic carbocycles. The van der Waals surface area contributed by atoms with Crippen LogP contribution in [-0.2, 0) is 6.61 Å². The normalized spacial score (nSPS) is 11.8. The molecular weight excluding hydrogens is 608 g/mol. The third-order valence-corrected chi connectivity index (χ3v) is 8.33. The summed E-state index contributed by atoms with van der Waals surface area (Å²) in [5.74, 6) is 2.37. The summed E-state index contributed by atoms with van der Waals surface area (Å²) < 4.78 is 19.7. The van der Waals surface area contributed by atoms with Crippen molar-refractivity contribution in [3.8, 4) is 22.9 Å². The average Bonchev–Trinajstić information content (AvgIpc) is 3.35. The molecule has 9 nitrogen and oxygen atoms in total. The second-order valence-electron chi connectivity index (χ2n) is 9.15. The molecule has 0 N–H and O–H groups in total. The van der Waals surface area contributed by atoms with Crippen molar-refractivity contribution in [2.45, 2.75) is 23.9 Å². The Morgan fingerprint density at radius 3 is 2.49 bits per heavy atom. The van der Waals surface area contributed by atoms with Crippen molar-refractivity contribution in [1.82, 2.24) is 14.8 Å². The molecule has 0 fully saturated rings. The second kappa shape index (κ2) is 12.6. The summed E-state index contributed by atoms with van der Waals surface area (Å²) in [6.45, 7) is 1.84. The lowest BCUT2D eigenvalue weighted by Crippen LogP contribution is -2.12. The highest BCUT2D eigenvalue weighted by atomic mass is 79.9. The van der Waals surface area contributed by atoms with Crippen LogP contribution in [0.25, 0.3) is 16.5 Å². The van der Waals surface area contributed by atoms with Gasteiger partial charge in [0.05, 0.1) is 18.7 Å². The fourth-order valence-electron chi connectivity index (χ4n) is 4.56. The van der Waals surface area contributed by atoms with E-state index < -0.39 is 5.25 Å². The van der Waals surface area contributed by atoms with Gasteiger partial charge in [0.25, 0.3) is 0 Å². The molecule has 5 rings (SSSR count). The molecule has 0 saturated carbocycles. The Labute approximate surface area is 249 Å². The Morgan fingerprint density at radius 1 is 1.00 bits per heavy atom. The maximum atomic E-state index is 11.7. The van der Waals surface area contributed by atoms with Crippen molar-refractivity contribution < 1.29 is 19.1 Å². The van der Waals surface area contributed by atoms with Crippen LogP contribution in [0.5, 0.6) is 17.2 Å². The Hall–Kier alpha value is -4.09. The molecule has 0 bridgehead atoms. The van der Waals surface area contributed by atoms with E-state index in [-0.39, 0.29) is 11.5 Å². The first-order valence-corrected chi connectivity index (χ1v) is 14.4. The number of aromatic nitrogens is 3. The number of hydrogen-bond acceptors (Lipinski definition) is 8. The predicted molar refractivity (Wildman–Crippen MR) is 162 cm³/mol. The minimum atomic E-state index is -0.581. The van der Waals surface area contributed by atoms with Crippen LogP contribution in [0.3, 0.4) is 0 Å². The first kappa shape index (κ1) is 28.4. The lowest BCUT2D eigenvalue weighted by Gasteiger charge is -2.18. The maximum absolute atomic E-state index is 11.7. The lowest BCUT2D eigenvalue weighted by molar-refractivity contribution is -0.479. The molecule has 41 heavy (non-hydrogen) atoms. The zero-order chi connectivity index (χ0) is 28.9. The van der Waals surface area contributed by atoms with Gasteiger partial charge in [-0.2, -0.15) is 0 Å². The standard InChI is InChI=1S/C30H27BrN4O5S/c1-19-32-33-30(35(19)23-11-13-24(38-2)14-12-23)41-28(17-34(36)37)22-15-26(31)29(27(16-22)39-3)40-18-21-9-6-8-20-7-4-5-10-25(20)21/h4-16,28H,17-18H2,1-3H3/t28-/m0/s1. The number of nitrogens with zero attached hydrogens (tertiary/aromatic N) is 4. The smallest absolute Gasteiger partial charge is 0.220 e. The van der Waals surface area contributed by atoms with Gasteiger partial charge in [-0.25, -0.2) is 0 Å². The SMILES string of the molecule is COc1ccc(-n2c(C)nnc2S[C@@H](C[N+](=O)[O-])c2cc(Br)c(OCc3cccc4ccccc34)c(OC)c2)cc1. The lowest BCUT2D eigenvalue weighted by atomic mass is 10.1. The van der Waals surface area contributed by atoms with Crippen LogP contribution in [-0.4, -0.2) is 40.5 Å². The van der Waals surface area contributed by atoms with Gasteiger partial charge in [0.1, 0.15) is 23.4 Å². The van der Waals surface area contributed by atoms with E-state index >= 15 is 0 Å². The monoisotopic (exact) mass is 634 g/mol. The Kier molecular flexibility index (Phi) is 8.75. The minimum absolute atomic E-state index is 0.326. The highest BCUT2D eigenvalue weighted by Crippen LogP contribution is 2.43. The molecular formula is C30H27BrN4O5S. The van der Waals surface area contributed by atoms with Crippen molar-refractivity contribution in [2.24, 2.45) is 0 Å². The van der Waals surface area contributed by atoms with E-state index in [9.17, 15) is 10.1 Å². The molecule has 0 spiro atoms. The zero-order valence-corrected chi connectivity index (χ0v) is 25.0. The van der Waals surface area contributed by atoms with Crippen LogP contribution in [0.15, 0.2) is 88.5 Å². The number of hydrogen-bond donors (Lipinski definition) is 0. The Morgan fingerprint density at radius 2 is 1.76 bits per heavy atom. The van der Waals surface area contributed by atoms with Crippen LogP contribution < -0.4 is 14.2 Å². The number of thioether (sulfide) groups is 1. The first-order chi connectivity index (χ1) is 19.9. The number of benzene rings is 4. The molecule has 1 heterocycles. The minimum Gasteiger partial charge on any atom is -0.497 e. The van der Waals surface area contributed by atoms with E-state index in [0.717, 1.165) is 27.8 Å². The molecule has 210 valence electrons. The van der Waals surface area contributed by atoms with Gasteiger partial charge >= 0.3 is 0 Å². The number of nitro groups is 1.